The van der Waals surface area contributed by atoms with Gasteiger partial charge in [-0.3, -0.25) is 14.5 Å². The smallest absolute Gasteiger partial charge is 0.350 e. The lowest BCUT2D eigenvalue weighted by molar-refractivity contribution is -0.132. The number of carbonyl (C=O) groups excluding carboxylic acids is 3. The molecule has 1 amide bonds. The van der Waals surface area contributed by atoms with Crippen LogP contribution < -0.4 is 14.4 Å². The van der Waals surface area contributed by atoms with Crippen molar-refractivity contribution in [2.45, 2.75) is 26.5 Å². The summed E-state index contributed by atoms with van der Waals surface area (Å²) in [7, 11) is 0. The zero-order valence-electron chi connectivity index (χ0n) is 25.4. The lowest BCUT2D eigenvalue weighted by Gasteiger charge is -2.23. The zero-order valence-corrected chi connectivity index (χ0v) is 26.2. The number of anilines is 1. The Hall–Kier alpha value is -5.48. The molecule has 0 spiro atoms. The molecule has 46 heavy (non-hydrogen) atoms. The molecule has 1 saturated heterocycles. The number of carbonyl (C=O) groups is 3. The maximum atomic E-state index is 13.6. The van der Waals surface area contributed by atoms with Gasteiger partial charge in [-0.25, -0.2) is 9.78 Å². The maximum Gasteiger partial charge on any atom is 0.350 e. The fraction of sp³-hybridized carbons (Fsp3) is 0.167. The van der Waals surface area contributed by atoms with E-state index in [1.54, 1.807) is 61.5 Å². The van der Waals surface area contributed by atoms with Crippen LogP contribution in [0.1, 0.15) is 43.7 Å². The molecule has 0 bridgehead atoms. The van der Waals surface area contributed by atoms with Crippen LogP contribution in [0.3, 0.4) is 0 Å². The highest BCUT2D eigenvalue weighted by atomic mass is 32.1. The minimum absolute atomic E-state index is 0.00600. The summed E-state index contributed by atoms with van der Waals surface area (Å²) >= 11 is 0.926. The summed E-state index contributed by atoms with van der Waals surface area (Å²) in [6.07, 6.45) is 3.06. The predicted octanol–water partition coefficient (Wildman–Crippen LogP) is 6.87. The highest BCUT2D eigenvalue weighted by Crippen LogP contribution is 2.44. The Morgan fingerprint density at radius 1 is 0.957 bits per heavy atom. The van der Waals surface area contributed by atoms with Crippen molar-refractivity contribution in [3.05, 3.63) is 137 Å². The average Bonchev–Trinajstić information content (AvgIpc) is 3.57. The summed E-state index contributed by atoms with van der Waals surface area (Å²) in [6.45, 7) is 11.5. The number of aromatic nitrogens is 1. The van der Waals surface area contributed by atoms with E-state index in [9.17, 15) is 19.5 Å². The molecule has 1 aliphatic heterocycles. The van der Waals surface area contributed by atoms with Gasteiger partial charge >= 0.3 is 11.9 Å². The van der Waals surface area contributed by atoms with E-state index in [-0.39, 0.29) is 27.9 Å². The number of aliphatic hydroxyl groups excluding tert-OH is 1. The molecule has 234 valence electrons. The van der Waals surface area contributed by atoms with Crippen molar-refractivity contribution < 1.29 is 33.7 Å². The summed E-state index contributed by atoms with van der Waals surface area (Å²) in [5.74, 6) is -1.64. The van der Waals surface area contributed by atoms with Gasteiger partial charge in [0.15, 0.2) is 5.13 Å². The fourth-order valence-electron chi connectivity index (χ4n) is 4.95. The fourth-order valence-corrected chi connectivity index (χ4v) is 5.94. The Balaban J connectivity index is 1.52. The number of aryl methyl sites for hydroxylation is 2. The first-order valence-corrected chi connectivity index (χ1v) is 15.2. The molecule has 10 heteroatoms. The molecule has 5 rings (SSSR count). The summed E-state index contributed by atoms with van der Waals surface area (Å²) in [4.78, 5) is 45.7. The van der Waals surface area contributed by atoms with E-state index >= 15 is 0 Å². The third kappa shape index (κ3) is 6.77. The minimum atomic E-state index is -1.05. The van der Waals surface area contributed by atoms with Crippen molar-refractivity contribution in [2.75, 3.05) is 18.1 Å². The summed E-state index contributed by atoms with van der Waals surface area (Å²) in [6, 6.07) is 20.4. The molecule has 0 radical (unpaired) electrons. The molecular weight excluding hydrogens is 604 g/mol. The van der Waals surface area contributed by atoms with Crippen LogP contribution in [0, 0.1) is 13.8 Å². The number of benzene rings is 3. The number of nitrogens with zero attached hydrogens (tertiary/aromatic N) is 2. The maximum absolute atomic E-state index is 13.6. The van der Waals surface area contributed by atoms with Crippen molar-refractivity contribution in [2.24, 2.45) is 0 Å². The van der Waals surface area contributed by atoms with Gasteiger partial charge in [0.25, 0.3) is 5.78 Å². The molecule has 0 aliphatic carbocycles. The third-order valence-corrected chi connectivity index (χ3v) is 8.27. The topological polar surface area (TPSA) is 115 Å². The molecule has 1 unspecified atom stereocenters. The van der Waals surface area contributed by atoms with E-state index < -0.39 is 23.7 Å². The number of ketones is 1. The number of aliphatic hydroxyl groups is 1. The predicted molar refractivity (Wildman–Crippen MR) is 176 cm³/mol. The SMILES string of the molecule is C=CCOC(=O)c1sc(N2C(=O)C(=O)C(=C(O)c3ccc(OCc4cccc(C)c4)cc3)C2c2ccc(OCC=C)cc2)nc1C. The van der Waals surface area contributed by atoms with E-state index in [2.05, 4.69) is 18.1 Å². The second kappa shape index (κ2) is 14.1. The van der Waals surface area contributed by atoms with Gasteiger partial charge < -0.3 is 19.3 Å². The number of thiazole rings is 1. The quantitative estimate of drug-likeness (QED) is 0.0589. The molecule has 1 aliphatic rings. The van der Waals surface area contributed by atoms with E-state index in [1.165, 1.54) is 11.0 Å². The number of esters is 1. The van der Waals surface area contributed by atoms with Crippen molar-refractivity contribution >= 4 is 39.9 Å². The average molecular weight is 637 g/mol. The summed E-state index contributed by atoms with van der Waals surface area (Å²) < 4.78 is 16.7. The van der Waals surface area contributed by atoms with Crippen molar-refractivity contribution in [3.63, 3.8) is 0 Å². The highest BCUT2D eigenvalue weighted by Gasteiger charge is 2.48. The van der Waals surface area contributed by atoms with Crippen LogP contribution in [0.2, 0.25) is 0 Å². The van der Waals surface area contributed by atoms with Gasteiger partial charge in [0, 0.05) is 5.56 Å². The first-order valence-electron chi connectivity index (χ1n) is 14.4. The molecule has 1 fully saturated rings. The van der Waals surface area contributed by atoms with Gasteiger partial charge in [0.05, 0.1) is 17.3 Å². The summed E-state index contributed by atoms with van der Waals surface area (Å²) in [5, 5.41) is 11.7. The van der Waals surface area contributed by atoms with E-state index in [0.29, 0.717) is 41.5 Å². The molecule has 9 nitrogen and oxygen atoms in total. The number of Topliss-reactive ketones (excluding diaryl/α,β-unsaturated/α-hetero) is 1. The Morgan fingerprint density at radius 2 is 1.63 bits per heavy atom. The zero-order chi connectivity index (χ0) is 32.8. The largest absolute Gasteiger partial charge is 0.507 e. The Kier molecular flexibility index (Phi) is 9.78. The van der Waals surface area contributed by atoms with E-state index in [0.717, 1.165) is 22.5 Å². The first kappa shape index (κ1) is 31.9. The molecule has 1 aromatic heterocycles. The molecule has 2 heterocycles. The normalized spacial score (nSPS) is 15.4. The lowest BCUT2D eigenvalue weighted by Crippen LogP contribution is -2.29. The molecule has 1 atom stereocenters. The van der Waals surface area contributed by atoms with Crippen LogP contribution in [0.4, 0.5) is 5.13 Å². The monoisotopic (exact) mass is 636 g/mol. The summed E-state index contributed by atoms with van der Waals surface area (Å²) in [5.41, 5.74) is 3.20. The van der Waals surface area contributed by atoms with Gasteiger partial charge in [0.2, 0.25) is 0 Å². The van der Waals surface area contributed by atoms with Crippen LogP contribution in [0.15, 0.2) is 104 Å². The molecule has 0 saturated carbocycles. The number of hydrogen-bond acceptors (Lipinski definition) is 9. The molecule has 3 aromatic carbocycles. The van der Waals surface area contributed by atoms with Crippen molar-refractivity contribution in [3.8, 4) is 11.5 Å². The van der Waals surface area contributed by atoms with Crippen LogP contribution in [0.5, 0.6) is 11.5 Å². The standard InChI is InChI=1S/C36H32N2O7S/c1-5-18-43-27-14-10-25(11-15-27)30-29(31(39)26-12-16-28(17-13-26)45-21-24-9-7-8-22(3)20-24)32(40)34(41)38(30)36-37-23(4)33(46-36)35(42)44-19-6-2/h5-17,20,30,39H,1-2,18-19,21H2,3-4H3. The third-order valence-electron chi connectivity index (χ3n) is 7.13. The number of amides is 1. The van der Waals surface area contributed by atoms with Crippen molar-refractivity contribution in [1.29, 1.82) is 0 Å². The van der Waals surface area contributed by atoms with Gasteiger partial charge in [-0.05, 0) is 61.4 Å². The Bertz CT molecular complexity index is 1820. The van der Waals surface area contributed by atoms with Crippen molar-refractivity contribution in [1.82, 2.24) is 4.98 Å². The molecule has 1 N–H and O–H groups in total. The lowest BCUT2D eigenvalue weighted by atomic mass is 9.95. The second-order valence-electron chi connectivity index (χ2n) is 10.4. The molecular formula is C36H32N2O7S. The molecule has 4 aromatic rings. The van der Waals surface area contributed by atoms with Gasteiger partial charge in [-0.15, -0.1) is 0 Å². The van der Waals surface area contributed by atoms with Gasteiger partial charge in [-0.1, -0.05) is 78.6 Å². The van der Waals surface area contributed by atoms with E-state index in [4.69, 9.17) is 14.2 Å². The van der Waals surface area contributed by atoms with Crippen LogP contribution in [-0.4, -0.2) is 41.0 Å². The van der Waals surface area contributed by atoms with Crippen LogP contribution in [-0.2, 0) is 20.9 Å². The number of rotatable bonds is 12. The van der Waals surface area contributed by atoms with E-state index in [1.807, 2.05) is 31.2 Å². The highest BCUT2D eigenvalue weighted by molar-refractivity contribution is 7.17. The Labute approximate surface area is 270 Å². The van der Waals surface area contributed by atoms with Gasteiger partial charge in [-0.2, -0.15) is 0 Å². The van der Waals surface area contributed by atoms with Crippen LogP contribution >= 0.6 is 11.3 Å². The minimum Gasteiger partial charge on any atom is -0.507 e. The second-order valence-corrected chi connectivity index (χ2v) is 11.4. The number of ether oxygens (including phenoxy) is 3. The van der Waals surface area contributed by atoms with Crippen LogP contribution in [0.25, 0.3) is 5.76 Å². The first-order chi connectivity index (χ1) is 22.2. The van der Waals surface area contributed by atoms with Gasteiger partial charge in [0.1, 0.15) is 42.0 Å². The number of hydrogen-bond donors (Lipinski definition) is 1. The Morgan fingerprint density at radius 3 is 2.30 bits per heavy atom.